The highest BCUT2D eigenvalue weighted by molar-refractivity contribution is 7.90. The highest BCUT2D eigenvalue weighted by Crippen LogP contribution is 2.32. The summed E-state index contributed by atoms with van der Waals surface area (Å²) in [5.74, 6) is 0.919. The number of methoxy groups -OCH3 is 1. The molecule has 7 nitrogen and oxygen atoms in total. The lowest BCUT2D eigenvalue weighted by Gasteiger charge is -2.12. The molecule has 0 atom stereocenters. The first-order valence-corrected chi connectivity index (χ1v) is 11.9. The van der Waals surface area contributed by atoms with E-state index in [4.69, 9.17) is 13.9 Å². The molecule has 0 unspecified atom stereocenters. The Bertz CT molecular complexity index is 1390. The third kappa shape index (κ3) is 5.13. The second-order valence-electron chi connectivity index (χ2n) is 7.45. The number of hydrogen-bond donors (Lipinski definition) is 1. The molecule has 0 aliphatic rings. The normalized spacial score (nSPS) is 11.1. The lowest BCUT2D eigenvalue weighted by Crippen LogP contribution is -2.30. The van der Waals surface area contributed by atoms with E-state index in [2.05, 4.69) is 0 Å². The molecule has 0 radical (unpaired) electrons. The molecule has 174 valence electrons. The van der Waals surface area contributed by atoms with Crippen LogP contribution in [0.5, 0.6) is 11.5 Å². The van der Waals surface area contributed by atoms with E-state index in [1.807, 2.05) is 53.3 Å². The highest BCUT2D eigenvalue weighted by atomic mass is 32.2. The Morgan fingerprint density at radius 2 is 1.62 bits per heavy atom. The van der Waals surface area contributed by atoms with Crippen molar-refractivity contribution in [2.45, 2.75) is 18.4 Å². The number of sulfonamides is 1. The Morgan fingerprint density at radius 3 is 2.32 bits per heavy atom. The van der Waals surface area contributed by atoms with Gasteiger partial charge < -0.3 is 13.9 Å². The number of carbonyl (C=O) groups excluding carboxylic acids is 1. The number of furan rings is 1. The van der Waals surface area contributed by atoms with E-state index in [0.29, 0.717) is 17.1 Å². The van der Waals surface area contributed by atoms with Gasteiger partial charge in [0.05, 0.1) is 12.0 Å². The van der Waals surface area contributed by atoms with Crippen LogP contribution in [-0.4, -0.2) is 21.4 Å². The number of amides is 1. The lowest BCUT2D eigenvalue weighted by atomic mass is 10.0. The fraction of sp³-hybridized carbons (Fsp3) is 0.115. The predicted molar refractivity (Wildman–Crippen MR) is 127 cm³/mol. The average Bonchev–Trinajstić information content (AvgIpc) is 3.24. The maximum Gasteiger partial charge on any atom is 0.300 e. The Kier molecular flexibility index (Phi) is 6.70. The van der Waals surface area contributed by atoms with Crippen LogP contribution in [-0.2, 0) is 16.6 Å². The first-order valence-electron chi connectivity index (χ1n) is 10.4. The topological polar surface area (TPSA) is 94.8 Å². The van der Waals surface area contributed by atoms with Crippen molar-refractivity contribution in [1.82, 2.24) is 4.72 Å². The summed E-state index contributed by atoms with van der Waals surface area (Å²) in [6.07, 6.45) is 0. The summed E-state index contributed by atoms with van der Waals surface area (Å²) in [6, 6.07) is 24.4. The maximum absolute atomic E-state index is 12.5. The molecule has 1 aromatic heterocycles. The van der Waals surface area contributed by atoms with Crippen molar-refractivity contribution in [3.63, 3.8) is 0 Å². The van der Waals surface area contributed by atoms with E-state index in [1.165, 1.54) is 18.2 Å². The Balaban J connectivity index is 1.48. The SMILES string of the molecule is COc1ccc(-c2ccccc2OCc2cc(C(=O)NS(=O)(=O)c3ccccc3)oc2C)cc1. The fourth-order valence-electron chi connectivity index (χ4n) is 3.36. The van der Waals surface area contributed by atoms with Crippen LogP contribution >= 0.6 is 0 Å². The van der Waals surface area contributed by atoms with Crippen LogP contribution in [0.3, 0.4) is 0 Å². The molecule has 3 aromatic carbocycles. The Labute approximate surface area is 198 Å². The average molecular weight is 478 g/mol. The number of hydrogen-bond acceptors (Lipinski definition) is 6. The number of para-hydroxylation sites is 1. The van der Waals surface area contributed by atoms with Gasteiger partial charge in [0.1, 0.15) is 23.9 Å². The summed E-state index contributed by atoms with van der Waals surface area (Å²) < 4.78 is 43.7. The first-order chi connectivity index (χ1) is 16.4. The van der Waals surface area contributed by atoms with Gasteiger partial charge in [0.25, 0.3) is 10.0 Å². The van der Waals surface area contributed by atoms with Crippen molar-refractivity contribution in [2.24, 2.45) is 0 Å². The van der Waals surface area contributed by atoms with E-state index in [9.17, 15) is 13.2 Å². The third-order valence-electron chi connectivity index (χ3n) is 5.20. The van der Waals surface area contributed by atoms with Crippen molar-refractivity contribution >= 4 is 15.9 Å². The molecule has 34 heavy (non-hydrogen) atoms. The quantitative estimate of drug-likeness (QED) is 0.385. The van der Waals surface area contributed by atoms with Crippen molar-refractivity contribution in [2.75, 3.05) is 7.11 Å². The van der Waals surface area contributed by atoms with Crippen LogP contribution < -0.4 is 14.2 Å². The zero-order chi connectivity index (χ0) is 24.1. The number of nitrogens with one attached hydrogen (secondary N) is 1. The lowest BCUT2D eigenvalue weighted by molar-refractivity contribution is 0.0953. The Morgan fingerprint density at radius 1 is 0.941 bits per heavy atom. The molecular weight excluding hydrogens is 454 g/mol. The highest BCUT2D eigenvalue weighted by Gasteiger charge is 2.22. The molecule has 0 bridgehead atoms. The minimum absolute atomic E-state index is 0.00896. The molecule has 1 N–H and O–H groups in total. The summed E-state index contributed by atoms with van der Waals surface area (Å²) in [5, 5.41) is 0. The number of aryl methyl sites for hydroxylation is 1. The van der Waals surface area contributed by atoms with E-state index in [0.717, 1.165) is 16.9 Å². The van der Waals surface area contributed by atoms with E-state index in [1.54, 1.807) is 32.2 Å². The molecule has 0 spiro atoms. The summed E-state index contributed by atoms with van der Waals surface area (Å²) in [4.78, 5) is 12.5. The van der Waals surface area contributed by atoms with Crippen LogP contribution in [0.2, 0.25) is 0 Å². The summed E-state index contributed by atoms with van der Waals surface area (Å²) in [5.41, 5.74) is 2.50. The number of rotatable bonds is 8. The number of ether oxygens (including phenoxy) is 2. The predicted octanol–water partition coefficient (Wildman–Crippen LogP) is 4.96. The van der Waals surface area contributed by atoms with Gasteiger partial charge in [0, 0.05) is 11.1 Å². The molecule has 4 rings (SSSR count). The smallest absolute Gasteiger partial charge is 0.300 e. The molecule has 0 saturated heterocycles. The van der Waals surface area contributed by atoms with E-state index in [-0.39, 0.29) is 17.3 Å². The summed E-state index contributed by atoms with van der Waals surface area (Å²) in [7, 11) is -2.39. The number of carbonyl (C=O) groups is 1. The van der Waals surface area contributed by atoms with Gasteiger partial charge in [-0.15, -0.1) is 0 Å². The molecule has 1 amide bonds. The molecule has 4 aromatic rings. The van der Waals surface area contributed by atoms with Crippen LogP contribution in [0.25, 0.3) is 11.1 Å². The minimum Gasteiger partial charge on any atom is -0.497 e. The van der Waals surface area contributed by atoms with E-state index < -0.39 is 15.9 Å². The third-order valence-corrected chi connectivity index (χ3v) is 6.54. The zero-order valence-electron chi connectivity index (χ0n) is 18.6. The van der Waals surface area contributed by atoms with Crippen molar-refractivity contribution in [3.8, 4) is 22.6 Å². The maximum atomic E-state index is 12.5. The molecule has 0 aliphatic heterocycles. The van der Waals surface area contributed by atoms with Crippen LogP contribution in [0.1, 0.15) is 21.9 Å². The van der Waals surface area contributed by atoms with Gasteiger partial charge in [-0.3, -0.25) is 4.79 Å². The van der Waals surface area contributed by atoms with Crippen molar-refractivity contribution in [3.05, 3.63) is 102 Å². The molecule has 0 saturated carbocycles. The van der Waals surface area contributed by atoms with Crippen LogP contribution in [0.4, 0.5) is 0 Å². The summed E-state index contributed by atoms with van der Waals surface area (Å²) in [6.45, 7) is 1.83. The Hall–Kier alpha value is -4.04. The monoisotopic (exact) mass is 477 g/mol. The van der Waals surface area contributed by atoms with Gasteiger partial charge in [-0.25, -0.2) is 13.1 Å². The number of benzene rings is 3. The summed E-state index contributed by atoms with van der Waals surface area (Å²) >= 11 is 0. The van der Waals surface area contributed by atoms with Gasteiger partial charge in [-0.05, 0) is 48.9 Å². The van der Waals surface area contributed by atoms with E-state index >= 15 is 0 Å². The standard InChI is InChI=1S/C26H23NO6S/c1-18-20(16-25(33-18)26(28)27-34(29,30)22-8-4-3-5-9-22)17-32-24-11-7-6-10-23(24)19-12-14-21(31-2)15-13-19/h3-16H,17H2,1-2H3,(H,27,28). The van der Waals surface area contributed by atoms with Crippen LogP contribution in [0.15, 0.2) is 94.2 Å². The molecule has 1 heterocycles. The molecule has 0 aliphatic carbocycles. The second kappa shape index (κ2) is 9.84. The van der Waals surface area contributed by atoms with Gasteiger partial charge in [0.15, 0.2) is 5.76 Å². The zero-order valence-corrected chi connectivity index (χ0v) is 19.5. The second-order valence-corrected chi connectivity index (χ2v) is 9.14. The van der Waals surface area contributed by atoms with Crippen molar-refractivity contribution in [1.29, 1.82) is 0 Å². The van der Waals surface area contributed by atoms with Gasteiger partial charge in [-0.1, -0.05) is 48.5 Å². The van der Waals surface area contributed by atoms with Crippen molar-refractivity contribution < 1.29 is 27.1 Å². The molecular formula is C26H23NO6S. The van der Waals surface area contributed by atoms with Gasteiger partial charge >= 0.3 is 5.91 Å². The minimum atomic E-state index is -4.01. The largest absolute Gasteiger partial charge is 0.497 e. The fourth-order valence-corrected chi connectivity index (χ4v) is 4.34. The van der Waals surface area contributed by atoms with Crippen LogP contribution in [0, 0.1) is 6.92 Å². The molecule has 0 fully saturated rings. The van der Waals surface area contributed by atoms with Gasteiger partial charge in [0.2, 0.25) is 0 Å². The van der Waals surface area contributed by atoms with Gasteiger partial charge in [-0.2, -0.15) is 0 Å². The first kappa shape index (κ1) is 23.1. The molecule has 8 heteroatoms.